The number of halogens is 1. The van der Waals surface area contributed by atoms with E-state index in [0.29, 0.717) is 17.1 Å². The third-order valence-corrected chi connectivity index (χ3v) is 3.55. The second-order valence-corrected chi connectivity index (χ2v) is 5.09. The summed E-state index contributed by atoms with van der Waals surface area (Å²) in [5, 5.41) is 11.0. The summed E-state index contributed by atoms with van der Waals surface area (Å²) in [5.41, 5.74) is 0.903. The molecule has 0 N–H and O–H groups in total. The molecule has 0 spiro atoms. The minimum Gasteiger partial charge on any atom is -0.496 e. The Kier molecular flexibility index (Phi) is 5.11. The van der Waals surface area contributed by atoms with Crippen LogP contribution in [0.1, 0.15) is 5.56 Å². The van der Waals surface area contributed by atoms with Crippen molar-refractivity contribution in [2.75, 3.05) is 14.2 Å². The highest BCUT2D eigenvalue weighted by Crippen LogP contribution is 2.33. The van der Waals surface area contributed by atoms with Crippen LogP contribution in [0.4, 0.5) is 11.4 Å². The first kappa shape index (κ1) is 16.0. The Bertz CT molecular complexity index is 731. The van der Waals surface area contributed by atoms with Crippen LogP contribution in [0.15, 0.2) is 45.9 Å². The number of nitrogens with zero attached hydrogens (tertiary/aromatic N) is 2. The lowest BCUT2D eigenvalue weighted by Gasteiger charge is -2.09. The van der Waals surface area contributed by atoms with Crippen molar-refractivity contribution in [2.24, 2.45) is 4.99 Å². The molecule has 6 nitrogen and oxygen atoms in total. The van der Waals surface area contributed by atoms with E-state index in [1.165, 1.54) is 19.4 Å². The summed E-state index contributed by atoms with van der Waals surface area (Å²) >= 11 is 3.38. The lowest BCUT2D eigenvalue weighted by Crippen LogP contribution is -1.94. The Morgan fingerprint density at radius 2 is 1.86 bits per heavy atom. The monoisotopic (exact) mass is 364 g/mol. The first-order valence-electron chi connectivity index (χ1n) is 6.26. The van der Waals surface area contributed by atoms with E-state index in [4.69, 9.17) is 9.47 Å². The highest BCUT2D eigenvalue weighted by molar-refractivity contribution is 9.10. The highest BCUT2D eigenvalue weighted by atomic mass is 79.9. The summed E-state index contributed by atoms with van der Waals surface area (Å²) < 4.78 is 11.2. The smallest absolute Gasteiger partial charge is 0.294 e. The van der Waals surface area contributed by atoms with Gasteiger partial charge in [0.05, 0.1) is 23.6 Å². The molecule has 0 saturated heterocycles. The molecular weight excluding hydrogens is 352 g/mol. The molecule has 0 atom stereocenters. The molecule has 0 unspecified atom stereocenters. The van der Waals surface area contributed by atoms with E-state index in [0.717, 1.165) is 4.47 Å². The average molecular weight is 365 g/mol. The van der Waals surface area contributed by atoms with E-state index >= 15 is 0 Å². The molecule has 2 aromatic rings. The zero-order valence-corrected chi connectivity index (χ0v) is 13.5. The fourth-order valence-electron chi connectivity index (χ4n) is 1.85. The normalized spacial score (nSPS) is 10.7. The SMILES string of the molecule is COc1cc(OC)c(C=Nc2ccccc2[N+](=O)[O-])cc1Br. The maximum absolute atomic E-state index is 11.0. The Labute approximate surface area is 135 Å². The van der Waals surface area contributed by atoms with Crippen molar-refractivity contribution in [3.63, 3.8) is 0 Å². The van der Waals surface area contributed by atoms with E-state index in [9.17, 15) is 10.1 Å². The Hall–Kier alpha value is -2.41. The standard InChI is InChI=1S/C15H13BrN2O4/c1-21-14-8-15(22-2)11(16)7-10(14)9-17-12-5-3-4-6-13(12)18(19)20/h3-9H,1-2H3. The van der Waals surface area contributed by atoms with Gasteiger partial charge in [0.2, 0.25) is 0 Å². The van der Waals surface area contributed by atoms with E-state index in [1.807, 2.05) is 0 Å². The van der Waals surface area contributed by atoms with Crippen molar-refractivity contribution in [3.05, 3.63) is 56.5 Å². The molecule has 0 aliphatic heterocycles. The van der Waals surface area contributed by atoms with Crippen molar-refractivity contribution in [3.8, 4) is 11.5 Å². The Morgan fingerprint density at radius 3 is 2.50 bits per heavy atom. The van der Waals surface area contributed by atoms with E-state index < -0.39 is 4.92 Å². The van der Waals surface area contributed by atoms with Crippen LogP contribution in [0.5, 0.6) is 11.5 Å². The first-order valence-corrected chi connectivity index (χ1v) is 7.05. The maximum Gasteiger partial charge on any atom is 0.294 e. The fourth-order valence-corrected chi connectivity index (χ4v) is 2.37. The molecule has 0 aliphatic carbocycles. The van der Waals surface area contributed by atoms with Crippen LogP contribution in [0, 0.1) is 10.1 Å². The van der Waals surface area contributed by atoms with E-state index in [1.54, 1.807) is 37.4 Å². The van der Waals surface area contributed by atoms with Crippen LogP contribution in [-0.2, 0) is 0 Å². The van der Waals surface area contributed by atoms with Crippen molar-refractivity contribution in [1.29, 1.82) is 0 Å². The summed E-state index contributed by atoms with van der Waals surface area (Å²) in [6, 6.07) is 9.77. The molecule has 2 aromatic carbocycles. The van der Waals surface area contributed by atoms with Crippen LogP contribution in [0.3, 0.4) is 0 Å². The second-order valence-electron chi connectivity index (χ2n) is 4.23. The van der Waals surface area contributed by atoms with Crippen molar-refractivity contribution < 1.29 is 14.4 Å². The number of aliphatic imine (C=N–C) groups is 1. The van der Waals surface area contributed by atoms with E-state index in [-0.39, 0.29) is 11.4 Å². The van der Waals surface area contributed by atoms with Gasteiger partial charge in [-0.05, 0) is 28.1 Å². The van der Waals surface area contributed by atoms with Gasteiger partial charge >= 0.3 is 0 Å². The molecule has 0 aliphatic rings. The van der Waals surface area contributed by atoms with Gasteiger partial charge in [-0.25, -0.2) is 4.99 Å². The van der Waals surface area contributed by atoms with Gasteiger partial charge in [0.1, 0.15) is 17.2 Å². The van der Waals surface area contributed by atoms with Gasteiger partial charge in [-0.1, -0.05) is 12.1 Å². The predicted octanol–water partition coefficient (Wildman–Crippen LogP) is 4.13. The maximum atomic E-state index is 11.0. The van der Waals surface area contributed by atoms with Gasteiger partial charge in [0, 0.05) is 23.9 Å². The Balaban J connectivity index is 2.42. The molecule has 0 radical (unpaired) electrons. The van der Waals surface area contributed by atoms with Crippen LogP contribution in [0.2, 0.25) is 0 Å². The summed E-state index contributed by atoms with van der Waals surface area (Å²) in [5.74, 6) is 1.18. The largest absolute Gasteiger partial charge is 0.496 e. The van der Waals surface area contributed by atoms with Gasteiger partial charge in [-0.15, -0.1) is 0 Å². The van der Waals surface area contributed by atoms with Crippen LogP contribution in [0.25, 0.3) is 0 Å². The fraction of sp³-hybridized carbons (Fsp3) is 0.133. The average Bonchev–Trinajstić information content (AvgIpc) is 2.53. The highest BCUT2D eigenvalue weighted by Gasteiger charge is 2.12. The van der Waals surface area contributed by atoms with Crippen LogP contribution < -0.4 is 9.47 Å². The molecule has 2 rings (SSSR count). The van der Waals surface area contributed by atoms with Gasteiger partial charge in [0.25, 0.3) is 5.69 Å². The molecular formula is C15H13BrN2O4. The number of para-hydroxylation sites is 2. The zero-order valence-electron chi connectivity index (χ0n) is 11.9. The summed E-state index contributed by atoms with van der Waals surface area (Å²) in [6.45, 7) is 0. The summed E-state index contributed by atoms with van der Waals surface area (Å²) in [4.78, 5) is 14.7. The van der Waals surface area contributed by atoms with Crippen LogP contribution in [-0.4, -0.2) is 25.4 Å². The van der Waals surface area contributed by atoms with Crippen molar-refractivity contribution in [1.82, 2.24) is 0 Å². The van der Waals surface area contributed by atoms with Gasteiger partial charge in [-0.3, -0.25) is 10.1 Å². The minimum absolute atomic E-state index is 0.0507. The van der Waals surface area contributed by atoms with Crippen molar-refractivity contribution in [2.45, 2.75) is 0 Å². The lowest BCUT2D eigenvalue weighted by molar-refractivity contribution is -0.384. The number of hydrogen-bond acceptors (Lipinski definition) is 5. The Morgan fingerprint density at radius 1 is 1.18 bits per heavy atom. The summed E-state index contributed by atoms with van der Waals surface area (Å²) in [7, 11) is 3.09. The molecule has 0 aromatic heterocycles. The number of benzene rings is 2. The third kappa shape index (κ3) is 3.43. The number of hydrogen-bond donors (Lipinski definition) is 0. The summed E-state index contributed by atoms with van der Waals surface area (Å²) in [6.07, 6.45) is 1.52. The van der Waals surface area contributed by atoms with Gasteiger partial charge < -0.3 is 9.47 Å². The topological polar surface area (TPSA) is 74.0 Å². The first-order chi connectivity index (χ1) is 10.6. The number of nitro benzene ring substituents is 1. The number of ether oxygens (including phenoxy) is 2. The molecule has 0 heterocycles. The van der Waals surface area contributed by atoms with Gasteiger partial charge in [-0.2, -0.15) is 0 Å². The number of rotatable bonds is 5. The molecule has 7 heteroatoms. The number of methoxy groups -OCH3 is 2. The predicted molar refractivity (Wildman–Crippen MR) is 87.6 cm³/mol. The van der Waals surface area contributed by atoms with Gasteiger partial charge in [0.15, 0.2) is 0 Å². The van der Waals surface area contributed by atoms with Crippen molar-refractivity contribution >= 4 is 33.5 Å². The minimum atomic E-state index is -0.464. The number of nitro groups is 1. The second kappa shape index (κ2) is 7.04. The van der Waals surface area contributed by atoms with E-state index in [2.05, 4.69) is 20.9 Å². The molecule has 114 valence electrons. The molecule has 0 bridgehead atoms. The third-order valence-electron chi connectivity index (χ3n) is 2.93. The zero-order chi connectivity index (χ0) is 16.1. The molecule has 0 fully saturated rings. The molecule has 22 heavy (non-hydrogen) atoms. The lowest BCUT2D eigenvalue weighted by atomic mass is 10.2. The molecule has 0 amide bonds. The van der Waals surface area contributed by atoms with Crippen LogP contribution >= 0.6 is 15.9 Å². The molecule has 0 saturated carbocycles. The quantitative estimate of drug-likeness (QED) is 0.454.